The number of thiazole rings is 1. The quantitative estimate of drug-likeness (QED) is 0.436. The highest BCUT2D eigenvalue weighted by Crippen LogP contribution is 2.24. The zero-order chi connectivity index (χ0) is 15.2. The van der Waals surface area contributed by atoms with Crippen LogP contribution in [0.15, 0.2) is 10.4 Å². The molecule has 1 aromatic rings. The van der Waals surface area contributed by atoms with Gasteiger partial charge in [-0.3, -0.25) is 4.99 Å². The van der Waals surface area contributed by atoms with Crippen LogP contribution in [0.4, 0.5) is 5.13 Å². The van der Waals surface area contributed by atoms with E-state index in [1.54, 1.807) is 11.3 Å². The van der Waals surface area contributed by atoms with Crippen molar-refractivity contribution in [3.8, 4) is 0 Å². The SMILES string of the molecule is I.NC(=NCCc1csc(N2CCCC2)n1)N1CCCCCC1. The number of nitrogens with two attached hydrogens (primary N) is 1. The summed E-state index contributed by atoms with van der Waals surface area (Å²) in [5.74, 6) is 0.719. The Labute approximate surface area is 160 Å². The lowest BCUT2D eigenvalue weighted by molar-refractivity contribution is 0.428. The molecule has 0 radical (unpaired) electrons. The molecule has 0 spiro atoms. The molecule has 0 atom stereocenters. The molecule has 0 aromatic carbocycles. The molecule has 3 heterocycles. The third kappa shape index (κ3) is 5.48. The summed E-state index contributed by atoms with van der Waals surface area (Å²) in [6, 6.07) is 0. The first-order chi connectivity index (χ1) is 10.8. The number of aliphatic imine (C=N–C) groups is 1. The highest BCUT2D eigenvalue weighted by atomic mass is 127. The third-order valence-electron chi connectivity index (χ3n) is 4.49. The van der Waals surface area contributed by atoms with Gasteiger partial charge in [-0.2, -0.15) is 0 Å². The van der Waals surface area contributed by atoms with Crippen molar-refractivity contribution in [3.05, 3.63) is 11.1 Å². The predicted molar refractivity (Wildman–Crippen MR) is 109 cm³/mol. The minimum atomic E-state index is 0. The molecule has 1 aromatic heterocycles. The summed E-state index contributed by atoms with van der Waals surface area (Å²) in [6.07, 6.45) is 8.60. The lowest BCUT2D eigenvalue weighted by Gasteiger charge is -2.20. The standard InChI is InChI=1S/C16H27N5S.HI/c17-15(20-9-3-1-2-4-10-20)18-8-7-14-13-22-16(19-14)21-11-5-6-12-21;/h13H,1-12H2,(H2,17,18);1H. The fourth-order valence-electron chi connectivity index (χ4n) is 3.15. The van der Waals surface area contributed by atoms with Gasteiger partial charge in [-0.15, -0.1) is 35.3 Å². The molecule has 0 unspecified atom stereocenters. The Morgan fingerprint density at radius 1 is 1.09 bits per heavy atom. The normalized spacial score (nSPS) is 19.6. The van der Waals surface area contributed by atoms with Crippen LogP contribution >= 0.6 is 35.3 Å². The van der Waals surface area contributed by atoms with E-state index in [1.807, 2.05) is 0 Å². The van der Waals surface area contributed by atoms with Gasteiger partial charge in [0, 0.05) is 44.5 Å². The van der Waals surface area contributed by atoms with Crippen molar-refractivity contribution in [1.29, 1.82) is 0 Å². The van der Waals surface area contributed by atoms with E-state index in [1.165, 1.54) is 43.7 Å². The topological polar surface area (TPSA) is 57.8 Å². The van der Waals surface area contributed by atoms with Crippen molar-refractivity contribution in [2.45, 2.75) is 44.9 Å². The number of hydrogen-bond acceptors (Lipinski definition) is 4. The van der Waals surface area contributed by atoms with Gasteiger partial charge in [0.05, 0.1) is 5.69 Å². The van der Waals surface area contributed by atoms with Crippen LogP contribution in [0.1, 0.15) is 44.2 Å². The second kappa shape index (κ2) is 9.66. The van der Waals surface area contributed by atoms with E-state index in [2.05, 4.69) is 20.2 Å². The van der Waals surface area contributed by atoms with Crippen molar-refractivity contribution in [2.24, 2.45) is 10.7 Å². The molecule has 5 nitrogen and oxygen atoms in total. The predicted octanol–water partition coefficient (Wildman–Crippen LogP) is 3.09. The Hall–Kier alpha value is -0.570. The fourth-order valence-corrected chi connectivity index (χ4v) is 4.06. The van der Waals surface area contributed by atoms with Crippen molar-refractivity contribution in [2.75, 3.05) is 37.6 Å². The molecule has 2 aliphatic heterocycles. The van der Waals surface area contributed by atoms with Crippen LogP contribution in [0, 0.1) is 0 Å². The summed E-state index contributed by atoms with van der Waals surface area (Å²) in [6.45, 7) is 5.18. The molecule has 7 heteroatoms. The van der Waals surface area contributed by atoms with Gasteiger partial charge < -0.3 is 15.5 Å². The van der Waals surface area contributed by atoms with E-state index in [9.17, 15) is 0 Å². The maximum absolute atomic E-state index is 6.14. The second-order valence-corrected chi connectivity index (χ2v) is 7.04. The fraction of sp³-hybridized carbons (Fsp3) is 0.750. The highest BCUT2D eigenvalue weighted by Gasteiger charge is 2.15. The van der Waals surface area contributed by atoms with Crippen LogP contribution in [0.2, 0.25) is 0 Å². The molecule has 3 rings (SSSR count). The van der Waals surface area contributed by atoms with Crippen molar-refractivity contribution < 1.29 is 0 Å². The average Bonchev–Trinajstić information content (AvgIpc) is 3.13. The van der Waals surface area contributed by atoms with Crippen molar-refractivity contribution >= 4 is 46.4 Å². The Morgan fingerprint density at radius 2 is 1.74 bits per heavy atom. The number of halogens is 1. The number of nitrogens with zero attached hydrogens (tertiary/aromatic N) is 4. The van der Waals surface area contributed by atoms with Gasteiger partial charge >= 0.3 is 0 Å². The number of hydrogen-bond donors (Lipinski definition) is 1. The summed E-state index contributed by atoms with van der Waals surface area (Å²) in [5, 5.41) is 3.35. The summed E-state index contributed by atoms with van der Waals surface area (Å²) >= 11 is 1.76. The van der Waals surface area contributed by atoms with Crippen LogP contribution in [-0.2, 0) is 6.42 Å². The smallest absolute Gasteiger partial charge is 0.191 e. The van der Waals surface area contributed by atoms with Gasteiger partial charge in [-0.1, -0.05) is 12.8 Å². The number of rotatable bonds is 4. The van der Waals surface area contributed by atoms with Gasteiger partial charge in [0.15, 0.2) is 11.1 Å². The maximum atomic E-state index is 6.14. The van der Waals surface area contributed by atoms with E-state index >= 15 is 0 Å². The number of likely N-dealkylation sites (tertiary alicyclic amines) is 1. The Kier molecular flexibility index (Phi) is 7.88. The maximum Gasteiger partial charge on any atom is 0.191 e. The van der Waals surface area contributed by atoms with Crippen molar-refractivity contribution in [3.63, 3.8) is 0 Å². The molecular weight excluding hydrogens is 421 g/mol. The molecule has 0 saturated carbocycles. The summed E-state index contributed by atoms with van der Waals surface area (Å²) in [7, 11) is 0. The Balaban J connectivity index is 0.00000192. The third-order valence-corrected chi connectivity index (χ3v) is 5.44. The van der Waals surface area contributed by atoms with Crippen LogP contribution in [-0.4, -0.2) is 48.6 Å². The van der Waals surface area contributed by atoms with Gasteiger partial charge in [0.1, 0.15) is 0 Å². The van der Waals surface area contributed by atoms with E-state index in [0.29, 0.717) is 0 Å². The van der Waals surface area contributed by atoms with Gasteiger partial charge in [-0.25, -0.2) is 4.98 Å². The number of aromatic nitrogens is 1. The molecule has 2 fully saturated rings. The number of anilines is 1. The van der Waals surface area contributed by atoms with E-state index in [0.717, 1.165) is 50.8 Å². The molecule has 130 valence electrons. The van der Waals surface area contributed by atoms with Crippen molar-refractivity contribution in [1.82, 2.24) is 9.88 Å². The van der Waals surface area contributed by atoms with Gasteiger partial charge in [-0.05, 0) is 25.7 Å². The monoisotopic (exact) mass is 449 g/mol. The molecule has 23 heavy (non-hydrogen) atoms. The molecule has 0 amide bonds. The van der Waals surface area contributed by atoms with Crippen LogP contribution in [0.3, 0.4) is 0 Å². The summed E-state index contributed by atoms with van der Waals surface area (Å²) < 4.78 is 0. The molecule has 2 saturated heterocycles. The van der Waals surface area contributed by atoms with Gasteiger partial charge in [0.25, 0.3) is 0 Å². The van der Waals surface area contributed by atoms with Gasteiger partial charge in [0.2, 0.25) is 0 Å². The summed E-state index contributed by atoms with van der Waals surface area (Å²) in [5.41, 5.74) is 7.29. The molecule has 2 N–H and O–H groups in total. The Morgan fingerprint density at radius 3 is 2.43 bits per heavy atom. The number of guanidine groups is 1. The molecular formula is C16H28IN5S. The molecule has 0 aliphatic carbocycles. The van der Waals surface area contributed by atoms with E-state index in [4.69, 9.17) is 10.7 Å². The summed E-state index contributed by atoms with van der Waals surface area (Å²) in [4.78, 5) is 13.9. The Bertz CT molecular complexity index is 490. The molecule has 2 aliphatic rings. The largest absolute Gasteiger partial charge is 0.370 e. The zero-order valence-corrected chi connectivity index (χ0v) is 16.9. The van der Waals surface area contributed by atoms with Crippen LogP contribution in [0.25, 0.3) is 0 Å². The lowest BCUT2D eigenvalue weighted by Crippen LogP contribution is -2.38. The minimum absolute atomic E-state index is 0. The lowest BCUT2D eigenvalue weighted by atomic mass is 10.2. The van der Waals surface area contributed by atoms with Crippen LogP contribution in [0.5, 0.6) is 0 Å². The molecule has 0 bridgehead atoms. The first-order valence-corrected chi connectivity index (χ1v) is 9.45. The van der Waals surface area contributed by atoms with E-state index < -0.39 is 0 Å². The zero-order valence-electron chi connectivity index (χ0n) is 13.7. The first-order valence-electron chi connectivity index (χ1n) is 8.57. The first kappa shape index (κ1) is 18.8. The average molecular weight is 449 g/mol. The minimum Gasteiger partial charge on any atom is -0.370 e. The highest BCUT2D eigenvalue weighted by molar-refractivity contribution is 14.0. The van der Waals surface area contributed by atoms with Crippen LogP contribution < -0.4 is 10.6 Å². The van der Waals surface area contributed by atoms with E-state index in [-0.39, 0.29) is 24.0 Å². The second-order valence-electron chi connectivity index (χ2n) is 6.21.